The molecule has 1 saturated heterocycles. The van der Waals surface area contributed by atoms with Gasteiger partial charge in [-0.2, -0.15) is 0 Å². The Labute approximate surface area is 97.3 Å². The van der Waals surface area contributed by atoms with Crippen LogP contribution in [0.3, 0.4) is 0 Å². The molecule has 0 amide bonds. The van der Waals surface area contributed by atoms with Crippen LogP contribution in [0.1, 0.15) is 43.7 Å². The molecule has 2 heteroatoms. The Kier molecular flexibility index (Phi) is 3.20. The molecule has 2 rings (SSSR count). The van der Waals surface area contributed by atoms with E-state index in [0.29, 0.717) is 23.9 Å². The summed E-state index contributed by atoms with van der Waals surface area (Å²) in [5, 5.41) is 9.48. The summed E-state index contributed by atoms with van der Waals surface area (Å²) in [5.41, 5.74) is 2.24. The fourth-order valence-corrected chi connectivity index (χ4v) is 2.22. The van der Waals surface area contributed by atoms with E-state index in [4.69, 9.17) is 4.74 Å². The smallest absolute Gasteiger partial charge is 0.118 e. The molecule has 0 aromatic heterocycles. The van der Waals surface area contributed by atoms with Crippen LogP contribution in [0.4, 0.5) is 0 Å². The molecule has 1 fully saturated rings. The summed E-state index contributed by atoms with van der Waals surface area (Å²) >= 11 is 0. The molecule has 88 valence electrons. The third kappa shape index (κ3) is 2.38. The Hall–Kier alpha value is -1.02. The van der Waals surface area contributed by atoms with Crippen molar-refractivity contribution in [1.82, 2.24) is 0 Å². The van der Waals surface area contributed by atoms with Crippen molar-refractivity contribution < 1.29 is 9.84 Å². The van der Waals surface area contributed by atoms with Crippen LogP contribution in [-0.2, 0) is 4.74 Å². The summed E-state index contributed by atoms with van der Waals surface area (Å²) < 4.78 is 5.56. The highest BCUT2D eigenvalue weighted by Gasteiger charge is 2.37. The van der Waals surface area contributed by atoms with E-state index in [-0.39, 0.29) is 0 Å². The van der Waals surface area contributed by atoms with Gasteiger partial charge in [-0.05, 0) is 42.9 Å². The molecule has 1 aromatic carbocycles. The average molecular weight is 220 g/mol. The summed E-state index contributed by atoms with van der Waals surface area (Å²) in [6.45, 7) is 6.33. The number of benzene rings is 1. The number of phenolic OH excluding ortho intramolecular Hbond substituents is 1. The molecule has 0 spiro atoms. The maximum atomic E-state index is 9.48. The van der Waals surface area contributed by atoms with E-state index in [1.807, 2.05) is 13.0 Å². The predicted octanol–water partition coefficient (Wildman–Crippen LogP) is 3.37. The average Bonchev–Trinajstić information content (AvgIpc) is 3.00. The molecule has 1 aromatic rings. The lowest BCUT2D eigenvalue weighted by Gasteiger charge is -2.11. The van der Waals surface area contributed by atoms with E-state index >= 15 is 0 Å². The van der Waals surface area contributed by atoms with Gasteiger partial charge in [-0.3, -0.25) is 0 Å². The standard InChI is InChI=1S/C14H20O2/c1-4-13-14(16-13)8-9(2)11-5-6-12(15)10(3)7-11/h5-7,9,13-15H,4,8H2,1-3H3. The van der Waals surface area contributed by atoms with E-state index in [1.54, 1.807) is 6.07 Å². The number of phenols is 1. The van der Waals surface area contributed by atoms with Crippen molar-refractivity contribution in [2.45, 2.75) is 51.7 Å². The highest BCUT2D eigenvalue weighted by Crippen LogP contribution is 2.35. The van der Waals surface area contributed by atoms with E-state index in [1.165, 1.54) is 5.56 Å². The summed E-state index contributed by atoms with van der Waals surface area (Å²) in [5.74, 6) is 0.880. The number of aryl methyl sites for hydroxylation is 1. The van der Waals surface area contributed by atoms with Crippen LogP contribution in [0.25, 0.3) is 0 Å². The van der Waals surface area contributed by atoms with Crippen LogP contribution >= 0.6 is 0 Å². The molecule has 16 heavy (non-hydrogen) atoms. The normalized spacial score (nSPS) is 25.4. The first-order valence-electron chi connectivity index (χ1n) is 6.06. The van der Waals surface area contributed by atoms with Gasteiger partial charge in [0.15, 0.2) is 0 Å². The molecule has 0 saturated carbocycles. The monoisotopic (exact) mass is 220 g/mol. The van der Waals surface area contributed by atoms with Crippen LogP contribution in [0.15, 0.2) is 18.2 Å². The number of epoxide rings is 1. The van der Waals surface area contributed by atoms with Crippen LogP contribution in [0.5, 0.6) is 5.75 Å². The molecule has 1 aliphatic rings. The molecule has 1 N–H and O–H groups in total. The maximum Gasteiger partial charge on any atom is 0.118 e. The third-order valence-corrected chi connectivity index (χ3v) is 3.47. The topological polar surface area (TPSA) is 32.8 Å². The minimum absolute atomic E-state index is 0.380. The van der Waals surface area contributed by atoms with Gasteiger partial charge in [0.05, 0.1) is 12.2 Å². The predicted molar refractivity (Wildman–Crippen MR) is 64.8 cm³/mol. The third-order valence-electron chi connectivity index (χ3n) is 3.47. The van der Waals surface area contributed by atoms with E-state index < -0.39 is 0 Å². The molecule has 0 bridgehead atoms. The first-order valence-corrected chi connectivity index (χ1v) is 6.06. The van der Waals surface area contributed by atoms with Crippen molar-refractivity contribution in [3.8, 4) is 5.75 Å². The van der Waals surface area contributed by atoms with Gasteiger partial charge in [0.2, 0.25) is 0 Å². The zero-order valence-corrected chi connectivity index (χ0v) is 10.2. The van der Waals surface area contributed by atoms with Gasteiger partial charge >= 0.3 is 0 Å². The van der Waals surface area contributed by atoms with Gasteiger partial charge in [-0.1, -0.05) is 26.0 Å². The molecule has 1 heterocycles. The van der Waals surface area contributed by atoms with Crippen molar-refractivity contribution in [3.63, 3.8) is 0 Å². The summed E-state index contributed by atoms with van der Waals surface area (Å²) in [6, 6.07) is 5.87. The molecule has 2 nitrogen and oxygen atoms in total. The molecule has 3 atom stereocenters. The zero-order valence-electron chi connectivity index (χ0n) is 10.2. The second kappa shape index (κ2) is 4.46. The Morgan fingerprint density at radius 2 is 2.12 bits per heavy atom. The fourth-order valence-electron chi connectivity index (χ4n) is 2.22. The van der Waals surface area contributed by atoms with Crippen molar-refractivity contribution in [2.24, 2.45) is 0 Å². The fraction of sp³-hybridized carbons (Fsp3) is 0.571. The summed E-state index contributed by atoms with van der Waals surface area (Å²) in [7, 11) is 0. The van der Waals surface area contributed by atoms with Crippen LogP contribution < -0.4 is 0 Å². The van der Waals surface area contributed by atoms with Crippen molar-refractivity contribution in [2.75, 3.05) is 0 Å². The first-order chi connectivity index (χ1) is 7.61. The van der Waals surface area contributed by atoms with Gasteiger partial charge in [0.1, 0.15) is 5.75 Å². The zero-order chi connectivity index (χ0) is 11.7. The lowest BCUT2D eigenvalue weighted by atomic mass is 9.93. The number of hydrogen-bond acceptors (Lipinski definition) is 2. The second-order valence-corrected chi connectivity index (χ2v) is 4.80. The van der Waals surface area contributed by atoms with Crippen LogP contribution in [0, 0.1) is 6.92 Å². The summed E-state index contributed by atoms with van der Waals surface area (Å²) in [4.78, 5) is 0. The SMILES string of the molecule is CCC1OC1CC(C)c1ccc(O)c(C)c1. The molecular weight excluding hydrogens is 200 g/mol. The van der Waals surface area contributed by atoms with E-state index in [2.05, 4.69) is 19.9 Å². The van der Waals surface area contributed by atoms with Crippen LogP contribution in [-0.4, -0.2) is 17.3 Å². The molecule has 1 aliphatic heterocycles. The molecular formula is C14H20O2. The quantitative estimate of drug-likeness (QED) is 0.789. The Balaban J connectivity index is 1.98. The van der Waals surface area contributed by atoms with E-state index in [9.17, 15) is 5.11 Å². The van der Waals surface area contributed by atoms with E-state index in [0.717, 1.165) is 18.4 Å². The number of rotatable bonds is 4. The van der Waals surface area contributed by atoms with Gasteiger partial charge < -0.3 is 9.84 Å². The largest absolute Gasteiger partial charge is 0.508 e. The number of ether oxygens (including phenoxy) is 1. The number of hydrogen-bond donors (Lipinski definition) is 1. The van der Waals surface area contributed by atoms with Crippen molar-refractivity contribution in [1.29, 1.82) is 0 Å². The highest BCUT2D eigenvalue weighted by atomic mass is 16.6. The maximum absolute atomic E-state index is 9.48. The number of aromatic hydroxyl groups is 1. The van der Waals surface area contributed by atoms with Crippen LogP contribution in [0.2, 0.25) is 0 Å². The van der Waals surface area contributed by atoms with Gasteiger partial charge in [0, 0.05) is 0 Å². The first kappa shape index (κ1) is 11.5. The van der Waals surface area contributed by atoms with Crippen molar-refractivity contribution >= 4 is 0 Å². The minimum atomic E-state index is 0.380. The highest BCUT2D eigenvalue weighted by molar-refractivity contribution is 5.36. The van der Waals surface area contributed by atoms with Gasteiger partial charge in [-0.15, -0.1) is 0 Å². The lowest BCUT2D eigenvalue weighted by Crippen LogP contribution is -2.01. The Bertz CT molecular complexity index is 373. The minimum Gasteiger partial charge on any atom is -0.508 e. The molecule has 0 radical (unpaired) electrons. The Morgan fingerprint density at radius 1 is 1.38 bits per heavy atom. The second-order valence-electron chi connectivity index (χ2n) is 4.80. The van der Waals surface area contributed by atoms with Gasteiger partial charge in [-0.25, -0.2) is 0 Å². The van der Waals surface area contributed by atoms with Crippen molar-refractivity contribution in [3.05, 3.63) is 29.3 Å². The summed E-state index contributed by atoms with van der Waals surface area (Å²) in [6.07, 6.45) is 3.14. The molecule has 3 unspecified atom stereocenters. The Morgan fingerprint density at radius 3 is 2.69 bits per heavy atom. The van der Waals surface area contributed by atoms with Gasteiger partial charge in [0.25, 0.3) is 0 Å². The lowest BCUT2D eigenvalue weighted by molar-refractivity contribution is 0.353. The molecule has 0 aliphatic carbocycles.